The molecule has 0 bridgehead atoms. The summed E-state index contributed by atoms with van der Waals surface area (Å²) in [4.78, 5) is 35.3. The summed E-state index contributed by atoms with van der Waals surface area (Å²) in [5, 5.41) is 9.34. The molecular weight excluding hydrogens is 439 g/mol. The van der Waals surface area contributed by atoms with Crippen molar-refractivity contribution < 1.29 is 18.7 Å². The monoisotopic (exact) mass is 466 g/mol. The molecule has 0 unspecified atom stereocenters. The van der Waals surface area contributed by atoms with Gasteiger partial charge in [0.2, 0.25) is 5.91 Å². The van der Waals surface area contributed by atoms with Crippen LogP contribution in [0.4, 0.5) is 21.5 Å². The van der Waals surface area contributed by atoms with Crippen LogP contribution < -0.4 is 25.6 Å². The number of ether oxygens (including phenoxy) is 1. The predicted molar refractivity (Wildman–Crippen MR) is 129 cm³/mol. The van der Waals surface area contributed by atoms with Gasteiger partial charge in [-0.1, -0.05) is 0 Å². The molecule has 4 rings (SSSR count). The number of aromatic nitrogens is 2. The van der Waals surface area contributed by atoms with E-state index in [9.17, 15) is 14.0 Å². The zero-order valence-electron chi connectivity index (χ0n) is 19.5. The van der Waals surface area contributed by atoms with E-state index in [4.69, 9.17) is 4.74 Å². The highest BCUT2D eigenvalue weighted by atomic mass is 19.1. The first-order chi connectivity index (χ1) is 16.2. The maximum atomic E-state index is 14.3. The molecule has 178 valence electrons. The van der Waals surface area contributed by atoms with Crippen molar-refractivity contribution in [1.29, 1.82) is 0 Å². The average molecular weight is 467 g/mol. The van der Waals surface area contributed by atoms with Gasteiger partial charge >= 0.3 is 6.01 Å². The van der Waals surface area contributed by atoms with E-state index >= 15 is 0 Å². The quantitative estimate of drug-likeness (QED) is 0.530. The highest BCUT2D eigenvalue weighted by Crippen LogP contribution is 2.31. The molecule has 0 aliphatic carbocycles. The second-order valence-corrected chi connectivity index (χ2v) is 8.45. The van der Waals surface area contributed by atoms with E-state index in [0.29, 0.717) is 23.2 Å². The van der Waals surface area contributed by atoms with Crippen LogP contribution in [0.3, 0.4) is 0 Å². The summed E-state index contributed by atoms with van der Waals surface area (Å²) in [6.07, 6.45) is 1.66. The fraction of sp³-hybridized carbons (Fsp3) is 0.333. The van der Waals surface area contributed by atoms with Crippen LogP contribution in [-0.4, -0.2) is 54.1 Å². The minimum atomic E-state index is -0.654. The molecule has 2 amide bonds. The van der Waals surface area contributed by atoms with E-state index in [-0.39, 0.29) is 23.3 Å². The maximum absolute atomic E-state index is 14.3. The van der Waals surface area contributed by atoms with Gasteiger partial charge in [-0.05, 0) is 44.2 Å². The number of hydrogen-bond acceptors (Lipinski definition) is 7. The number of methoxy groups -OCH3 is 1. The van der Waals surface area contributed by atoms with Gasteiger partial charge in [0, 0.05) is 55.1 Å². The highest BCUT2D eigenvalue weighted by Gasteiger charge is 2.24. The zero-order chi connectivity index (χ0) is 24.4. The van der Waals surface area contributed by atoms with Gasteiger partial charge < -0.3 is 25.6 Å². The lowest BCUT2D eigenvalue weighted by Crippen LogP contribution is -2.54. The minimum Gasteiger partial charge on any atom is -0.467 e. The van der Waals surface area contributed by atoms with Crippen molar-refractivity contribution in [2.24, 2.45) is 0 Å². The van der Waals surface area contributed by atoms with Gasteiger partial charge in [0.05, 0.1) is 23.9 Å². The van der Waals surface area contributed by atoms with Crippen LogP contribution >= 0.6 is 0 Å². The van der Waals surface area contributed by atoms with E-state index in [2.05, 4.69) is 44.7 Å². The zero-order valence-corrected chi connectivity index (χ0v) is 19.5. The van der Waals surface area contributed by atoms with Gasteiger partial charge in [-0.15, -0.1) is 0 Å². The minimum absolute atomic E-state index is 0.0391. The number of anilines is 3. The molecule has 9 nitrogen and oxygen atoms in total. The fourth-order valence-corrected chi connectivity index (χ4v) is 4.25. The molecule has 2 heterocycles. The summed E-state index contributed by atoms with van der Waals surface area (Å²) in [6, 6.07) is 8.41. The van der Waals surface area contributed by atoms with Crippen molar-refractivity contribution in [3.8, 4) is 6.01 Å². The van der Waals surface area contributed by atoms with Crippen molar-refractivity contribution in [2.75, 3.05) is 35.7 Å². The second-order valence-electron chi connectivity index (χ2n) is 8.45. The van der Waals surface area contributed by atoms with Crippen LogP contribution in [0.1, 0.15) is 31.1 Å². The van der Waals surface area contributed by atoms with E-state index in [1.807, 2.05) is 6.07 Å². The molecule has 0 spiro atoms. The third-order valence-corrected chi connectivity index (χ3v) is 5.57. The SMILES string of the molecule is COc1ncc2c(N3C[C@@H](C)N[C@@H](C)C3)ccc(C(=O)Nc3ccc(NC(C)=O)c(F)c3)c2n1. The van der Waals surface area contributed by atoms with E-state index in [0.717, 1.165) is 30.2 Å². The lowest BCUT2D eigenvalue weighted by Gasteiger charge is -2.38. The van der Waals surface area contributed by atoms with Crippen LogP contribution in [0.15, 0.2) is 36.5 Å². The predicted octanol–water partition coefficient (Wildman–Crippen LogP) is 3.17. The summed E-state index contributed by atoms with van der Waals surface area (Å²) in [7, 11) is 1.46. The second kappa shape index (κ2) is 9.60. The van der Waals surface area contributed by atoms with Crippen molar-refractivity contribution in [3.05, 3.63) is 47.9 Å². The molecule has 0 radical (unpaired) electrons. The standard InChI is InChI=1S/C24H27FN6O3/c1-13-11-31(12-14(2)27-13)21-8-6-17(22-18(21)10-26-24(30-22)34-4)23(33)29-16-5-7-20(19(25)9-16)28-15(3)32/h5-10,13-14,27H,11-12H2,1-4H3,(H,28,32)(H,29,33)/t13-,14+. The number of amides is 2. The van der Waals surface area contributed by atoms with Gasteiger partial charge in [0.1, 0.15) is 5.82 Å². The number of carbonyl (C=O) groups excluding carboxylic acids is 2. The van der Waals surface area contributed by atoms with E-state index < -0.39 is 11.7 Å². The number of fused-ring (bicyclic) bond motifs is 1. The summed E-state index contributed by atoms with van der Waals surface area (Å²) in [5.41, 5.74) is 1.97. The summed E-state index contributed by atoms with van der Waals surface area (Å²) in [6.45, 7) is 7.15. The molecule has 1 aliphatic rings. The van der Waals surface area contributed by atoms with Gasteiger partial charge in [-0.2, -0.15) is 4.98 Å². The Morgan fingerprint density at radius 1 is 1.15 bits per heavy atom. The molecule has 1 aliphatic heterocycles. The highest BCUT2D eigenvalue weighted by molar-refractivity contribution is 6.14. The Hall–Kier alpha value is -3.79. The number of nitrogens with one attached hydrogen (secondary N) is 3. The Morgan fingerprint density at radius 2 is 1.88 bits per heavy atom. The number of piperazine rings is 1. The lowest BCUT2D eigenvalue weighted by molar-refractivity contribution is -0.114. The molecule has 3 N–H and O–H groups in total. The van der Waals surface area contributed by atoms with E-state index in [1.54, 1.807) is 12.3 Å². The average Bonchev–Trinajstić information content (AvgIpc) is 2.78. The molecule has 34 heavy (non-hydrogen) atoms. The van der Waals surface area contributed by atoms with Crippen molar-refractivity contribution >= 4 is 39.8 Å². The molecule has 1 fully saturated rings. The third-order valence-electron chi connectivity index (χ3n) is 5.57. The Morgan fingerprint density at radius 3 is 2.53 bits per heavy atom. The fourth-order valence-electron chi connectivity index (χ4n) is 4.25. The molecule has 2 atom stereocenters. The van der Waals surface area contributed by atoms with Crippen LogP contribution in [0.2, 0.25) is 0 Å². The topological polar surface area (TPSA) is 108 Å². The maximum Gasteiger partial charge on any atom is 0.316 e. The number of nitrogens with zero attached hydrogens (tertiary/aromatic N) is 3. The summed E-state index contributed by atoms with van der Waals surface area (Å²) >= 11 is 0. The smallest absolute Gasteiger partial charge is 0.316 e. The van der Waals surface area contributed by atoms with Gasteiger partial charge in [-0.3, -0.25) is 9.59 Å². The number of carbonyl (C=O) groups is 2. The van der Waals surface area contributed by atoms with Crippen LogP contribution in [0.5, 0.6) is 6.01 Å². The van der Waals surface area contributed by atoms with Gasteiger partial charge in [0.25, 0.3) is 5.91 Å². The Balaban J connectivity index is 1.69. The van der Waals surface area contributed by atoms with E-state index in [1.165, 1.54) is 26.2 Å². The number of rotatable bonds is 5. The van der Waals surface area contributed by atoms with Gasteiger partial charge in [-0.25, -0.2) is 9.37 Å². The van der Waals surface area contributed by atoms with Crippen molar-refractivity contribution in [1.82, 2.24) is 15.3 Å². The first-order valence-corrected chi connectivity index (χ1v) is 11.0. The molecule has 1 saturated heterocycles. The molecule has 2 aromatic carbocycles. The molecular formula is C24H27FN6O3. The first kappa shape index (κ1) is 23.4. The first-order valence-electron chi connectivity index (χ1n) is 11.0. The van der Waals surface area contributed by atoms with Gasteiger partial charge in [0.15, 0.2) is 0 Å². The number of hydrogen-bond donors (Lipinski definition) is 3. The normalized spacial score (nSPS) is 18.0. The van der Waals surface area contributed by atoms with Crippen molar-refractivity contribution in [3.63, 3.8) is 0 Å². The Bertz CT molecular complexity index is 1240. The summed E-state index contributed by atoms with van der Waals surface area (Å²) < 4.78 is 19.5. The Labute approximate surface area is 196 Å². The Kier molecular flexibility index (Phi) is 6.60. The largest absolute Gasteiger partial charge is 0.467 e. The molecule has 10 heteroatoms. The van der Waals surface area contributed by atoms with Crippen molar-refractivity contribution in [2.45, 2.75) is 32.9 Å². The van der Waals surface area contributed by atoms with Crippen LogP contribution in [-0.2, 0) is 4.79 Å². The molecule has 3 aromatic rings. The molecule has 0 saturated carbocycles. The third kappa shape index (κ3) is 4.91. The number of benzene rings is 2. The lowest BCUT2D eigenvalue weighted by atomic mass is 10.0. The van der Waals surface area contributed by atoms with Crippen LogP contribution in [0, 0.1) is 5.82 Å². The summed E-state index contributed by atoms with van der Waals surface area (Å²) in [5.74, 6) is -1.49. The van der Waals surface area contributed by atoms with Crippen LogP contribution in [0.25, 0.3) is 10.9 Å². The number of halogens is 1. The molecule has 1 aromatic heterocycles.